The molecule has 0 saturated heterocycles. The first kappa shape index (κ1) is 12.9. The standard InChI is InChI=1S/C13H11ClO3S/c14-18(16,17)13-7-6-11(9-12(13)15)8-10-4-2-1-3-5-10/h1-7,9,15H,8H2. The molecule has 3 nitrogen and oxygen atoms in total. The number of halogens is 1. The maximum atomic E-state index is 11.1. The van der Waals surface area contributed by atoms with Crippen molar-refractivity contribution < 1.29 is 13.5 Å². The maximum absolute atomic E-state index is 11.1. The lowest BCUT2D eigenvalue weighted by Gasteiger charge is -2.05. The predicted octanol–water partition coefficient (Wildman–Crippen LogP) is 2.91. The third kappa shape index (κ3) is 3.03. The zero-order valence-electron chi connectivity index (χ0n) is 9.38. The predicted molar refractivity (Wildman–Crippen MR) is 70.4 cm³/mol. The first-order valence-electron chi connectivity index (χ1n) is 5.27. The van der Waals surface area contributed by atoms with Crippen molar-refractivity contribution in [3.63, 3.8) is 0 Å². The maximum Gasteiger partial charge on any atom is 0.264 e. The summed E-state index contributed by atoms with van der Waals surface area (Å²) >= 11 is 0. The van der Waals surface area contributed by atoms with Gasteiger partial charge in [-0.3, -0.25) is 0 Å². The largest absolute Gasteiger partial charge is 0.507 e. The second kappa shape index (κ2) is 5.00. The molecule has 2 aromatic rings. The van der Waals surface area contributed by atoms with Crippen molar-refractivity contribution in [3.05, 3.63) is 59.7 Å². The fourth-order valence-corrected chi connectivity index (χ4v) is 2.64. The highest BCUT2D eigenvalue weighted by molar-refractivity contribution is 8.13. The number of aromatic hydroxyl groups is 1. The van der Waals surface area contributed by atoms with Crippen LogP contribution in [0.2, 0.25) is 0 Å². The molecule has 0 saturated carbocycles. The molecule has 0 amide bonds. The van der Waals surface area contributed by atoms with E-state index in [0.29, 0.717) is 6.42 Å². The number of rotatable bonds is 3. The third-order valence-corrected chi connectivity index (χ3v) is 3.91. The minimum Gasteiger partial charge on any atom is -0.507 e. The van der Waals surface area contributed by atoms with Crippen molar-refractivity contribution in [1.82, 2.24) is 0 Å². The van der Waals surface area contributed by atoms with Gasteiger partial charge in [0.25, 0.3) is 9.05 Å². The molecule has 0 unspecified atom stereocenters. The quantitative estimate of drug-likeness (QED) is 0.881. The van der Waals surface area contributed by atoms with E-state index < -0.39 is 9.05 Å². The molecule has 0 fully saturated rings. The van der Waals surface area contributed by atoms with Crippen LogP contribution >= 0.6 is 10.7 Å². The molecule has 0 spiro atoms. The van der Waals surface area contributed by atoms with Crippen LogP contribution in [0.25, 0.3) is 0 Å². The van der Waals surface area contributed by atoms with Crippen molar-refractivity contribution in [3.8, 4) is 5.75 Å². The Morgan fingerprint density at radius 3 is 2.22 bits per heavy atom. The number of hydrogen-bond acceptors (Lipinski definition) is 3. The Labute approximate surface area is 110 Å². The van der Waals surface area contributed by atoms with E-state index in [0.717, 1.165) is 11.1 Å². The van der Waals surface area contributed by atoms with Crippen molar-refractivity contribution >= 4 is 19.7 Å². The lowest BCUT2D eigenvalue weighted by atomic mass is 10.1. The molecule has 2 rings (SSSR count). The summed E-state index contributed by atoms with van der Waals surface area (Å²) in [4.78, 5) is -0.263. The first-order valence-corrected chi connectivity index (χ1v) is 7.58. The summed E-state index contributed by atoms with van der Waals surface area (Å²) in [5.74, 6) is -0.321. The molecule has 0 heterocycles. The molecule has 5 heteroatoms. The molecule has 18 heavy (non-hydrogen) atoms. The van der Waals surface area contributed by atoms with Gasteiger partial charge in [-0.2, -0.15) is 0 Å². The van der Waals surface area contributed by atoms with Gasteiger partial charge in [0, 0.05) is 10.7 Å². The van der Waals surface area contributed by atoms with Gasteiger partial charge in [0.15, 0.2) is 0 Å². The fraction of sp³-hybridized carbons (Fsp3) is 0.0769. The van der Waals surface area contributed by atoms with Crippen molar-refractivity contribution in [2.75, 3.05) is 0 Å². The van der Waals surface area contributed by atoms with Crippen molar-refractivity contribution in [2.24, 2.45) is 0 Å². The number of phenolic OH excluding ortho intramolecular Hbond substituents is 1. The smallest absolute Gasteiger partial charge is 0.264 e. The topological polar surface area (TPSA) is 54.4 Å². The van der Waals surface area contributed by atoms with Gasteiger partial charge in [-0.15, -0.1) is 0 Å². The van der Waals surface area contributed by atoms with Crippen LogP contribution in [-0.2, 0) is 15.5 Å². The summed E-state index contributed by atoms with van der Waals surface area (Å²) in [5, 5.41) is 9.64. The summed E-state index contributed by atoms with van der Waals surface area (Å²) in [5.41, 5.74) is 1.90. The molecular formula is C13H11ClO3S. The van der Waals surface area contributed by atoms with E-state index in [-0.39, 0.29) is 10.6 Å². The fourth-order valence-electron chi connectivity index (χ4n) is 1.71. The normalized spacial score (nSPS) is 11.4. The molecule has 0 bridgehead atoms. The van der Waals surface area contributed by atoms with E-state index in [1.165, 1.54) is 12.1 Å². The Bertz CT molecular complexity index is 651. The number of benzene rings is 2. The Kier molecular flexibility index (Phi) is 3.59. The Morgan fingerprint density at radius 1 is 1.00 bits per heavy atom. The van der Waals surface area contributed by atoms with E-state index in [1.54, 1.807) is 6.07 Å². The van der Waals surface area contributed by atoms with Crippen LogP contribution in [0.4, 0.5) is 0 Å². The van der Waals surface area contributed by atoms with Crippen LogP contribution in [0.1, 0.15) is 11.1 Å². The van der Waals surface area contributed by atoms with Crippen molar-refractivity contribution in [1.29, 1.82) is 0 Å². The van der Waals surface area contributed by atoms with E-state index in [1.807, 2.05) is 30.3 Å². The van der Waals surface area contributed by atoms with Crippen LogP contribution in [0.15, 0.2) is 53.4 Å². The average Bonchev–Trinajstić information content (AvgIpc) is 2.28. The summed E-state index contributed by atoms with van der Waals surface area (Å²) in [7, 11) is 1.29. The third-order valence-electron chi connectivity index (χ3n) is 2.54. The molecule has 1 N–H and O–H groups in total. The Morgan fingerprint density at radius 2 is 1.67 bits per heavy atom. The molecule has 0 atom stereocenters. The highest BCUT2D eigenvalue weighted by Crippen LogP contribution is 2.27. The van der Waals surface area contributed by atoms with Gasteiger partial charge >= 0.3 is 0 Å². The summed E-state index contributed by atoms with van der Waals surface area (Å²) in [6.07, 6.45) is 0.622. The van der Waals surface area contributed by atoms with E-state index in [9.17, 15) is 13.5 Å². The van der Waals surface area contributed by atoms with Gasteiger partial charge in [-0.1, -0.05) is 36.4 Å². The van der Waals surface area contributed by atoms with Crippen LogP contribution in [-0.4, -0.2) is 13.5 Å². The minimum absolute atomic E-state index is 0.263. The van der Waals surface area contributed by atoms with E-state index in [2.05, 4.69) is 0 Å². The first-order chi connectivity index (χ1) is 8.47. The SMILES string of the molecule is O=S(=O)(Cl)c1ccc(Cc2ccccc2)cc1O. The summed E-state index contributed by atoms with van der Waals surface area (Å²) < 4.78 is 22.3. The lowest BCUT2D eigenvalue weighted by Crippen LogP contribution is -1.94. The highest BCUT2D eigenvalue weighted by atomic mass is 35.7. The molecule has 2 aromatic carbocycles. The molecule has 0 aliphatic heterocycles. The molecular weight excluding hydrogens is 272 g/mol. The summed E-state index contributed by atoms with van der Waals surface area (Å²) in [6.45, 7) is 0. The summed E-state index contributed by atoms with van der Waals surface area (Å²) in [6, 6.07) is 14.1. The molecule has 0 aliphatic rings. The molecule has 0 aromatic heterocycles. The second-order valence-electron chi connectivity index (χ2n) is 3.90. The van der Waals surface area contributed by atoms with Crippen LogP contribution in [0.3, 0.4) is 0 Å². The molecule has 94 valence electrons. The van der Waals surface area contributed by atoms with Gasteiger partial charge in [0.2, 0.25) is 0 Å². The van der Waals surface area contributed by atoms with Gasteiger partial charge in [-0.25, -0.2) is 8.42 Å². The number of phenols is 1. The molecule has 0 aliphatic carbocycles. The monoisotopic (exact) mass is 282 g/mol. The van der Waals surface area contributed by atoms with Gasteiger partial charge < -0.3 is 5.11 Å². The van der Waals surface area contributed by atoms with Crippen LogP contribution in [0, 0.1) is 0 Å². The molecule has 0 radical (unpaired) electrons. The van der Waals surface area contributed by atoms with Crippen molar-refractivity contribution in [2.45, 2.75) is 11.3 Å². The van der Waals surface area contributed by atoms with Gasteiger partial charge in [0.05, 0.1) is 0 Å². The van der Waals surface area contributed by atoms with Crippen LogP contribution in [0.5, 0.6) is 5.75 Å². The lowest BCUT2D eigenvalue weighted by molar-refractivity contribution is 0.459. The van der Waals surface area contributed by atoms with E-state index >= 15 is 0 Å². The van der Waals surface area contributed by atoms with Gasteiger partial charge in [-0.05, 0) is 29.7 Å². The average molecular weight is 283 g/mol. The zero-order valence-corrected chi connectivity index (χ0v) is 10.9. The Balaban J connectivity index is 2.30. The second-order valence-corrected chi connectivity index (χ2v) is 6.44. The van der Waals surface area contributed by atoms with Crippen LogP contribution < -0.4 is 0 Å². The minimum atomic E-state index is -3.90. The van der Waals surface area contributed by atoms with E-state index in [4.69, 9.17) is 10.7 Å². The zero-order chi connectivity index (χ0) is 13.2. The van der Waals surface area contributed by atoms with Gasteiger partial charge in [0.1, 0.15) is 10.6 Å². The number of hydrogen-bond donors (Lipinski definition) is 1. The highest BCUT2D eigenvalue weighted by Gasteiger charge is 2.15. The Hall–Kier alpha value is -1.52.